The molecule has 1 aromatic carbocycles. The molecule has 3 rings (SSSR count). The van der Waals surface area contributed by atoms with Crippen LogP contribution in [0.3, 0.4) is 0 Å². The molecule has 0 aromatic heterocycles. The van der Waals surface area contributed by atoms with Crippen LogP contribution in [0.5, 0.6) is 11.5 Å². The maximum atomic E-state index is 5.86. The Kier molecular flexibility index (Phi) is 4.65. The molecule has 0 aliphatic carbocycles. The first-order valence-electron chi connectivity index (χ1n) is 7.84. The van der Waals surface area contributed by atoms with E-state index in [0.717, 1.165) is 49.7 Å². The van der Waals surface area contributed by atoms with Gasteiger partial charge in [0.05, 0.1) is 12.6 Å². The minimum Gasteiger partial charge on any atom is -0.496 e. The van der Waals surface area contributed by atoms with Crippen molar-refractivity contribution in [2.75, 3.05) is 26.4 Å². The SMILES string of the molecule is CCCNC(C1=CCCCO1)c1ccc2c(c1)OCCO2. The molecule has 2 aliphatic heterocycles. The highest BCUT2D eigenvalue weighted by atomic mass is 16.6. The molecule has 2 heterocycles. The molecule has 0 saturated heterocycles. The molecule has 4 heteroatoms. The summed E-state index contributed by atoms with van der Waals surface area (Å²) in [7, 11) is 0. The molecule has 0 saturated carbocycles. The number of benzene rings is 1. The number of ether oxygens (including phenoxy) is 3. The molecule has 1 N–H and O–H groups in total. The fraction of sp³-hybridized carbons (Fsp3) is 0.529. The lowest BCUT2D eigenvalue weighted by molar-refractivity contribution is 0.165. The largest absolute Gasteiger partial charge is 0.496 e. The van der Waals surface area contributed by atoms with Crippen molar-refractivity contribution in [2.24, 2.45) is 0 Å². The van der Waals surface area contributed by atoms with E-state index in [2.05, 4.69) is 30.4 Å². The number of fused-ring (bicyclic) bond motifs is 1. The maximum absolute atomic E-state index is 5.86. The van der Waals surface area contributed by atoms with Crippen molar-refractivity contribution >= 4 is 0 Å². The molecule has 0 amide bonds. The molecule has 0 fully saturated rings. The second-order valence-electron chi connectivity index (χ2n) is 5.39. The predicted octanol–water partition coefficient (Wildman–Crippen LogP) is 3.19. The van der Waals surface area contributed by atoms with Crippen LogP contribution in [-0.2, 0) is 4.74 Å². The Hall–Kier alpha value is -1.68. The van der Waals surface area contributed by atoms with Crippen molar-refractivity contribution in [1.29, 1.82) is 0 Å². The molecule has 114 valence electrons. The Morgan fingerprint density at radius 1 is 1.10 bits per heavy atom. The Labute approximate surface area is 126 Å². The first kappa shape index (κ1) is 14.3. The lowest BCUT2D eigenvalue weighted by atomic mass is 10.0. The van der Waals surface area contributed by atoms with Gasteiger partial charge in [-0.3, -0.25) is 0 Å². The summed E-state index contributed by atoms with van der Waals surface area (Å²) >= 11 is 0. The van der Waals surface area contributed by atoms with Gasteiger partial charge in [0, 0.05) is 0 Å². The second kappa shape index (κ2) is 6.85. The summed E-state index contributed by atoms with van der Waals surface area (Å²) in [6.45, 7) is 5.17. The number of rotatable bonds is 5. The molecular formula is C17H23NO3. The molecule has 2 aliphatic rings. The fourth-order valence-corrected chi connectivity index (χ4v) is 2.69. The van der Waals surface area contributed by atoms with Gasteiger partial charge in [0.25, 0.3) is 0 Å². The summed E-state index contributed by atoms with van der Waals surface area (Å²) < 4.78 is 17.1. The van der Waals surface area contributed by atoms with E-state index in [1.54, 1.807) is 0 Å². The third kappa shape index (κ3) is 3.32. The van der Waals surface area contributed by atoms with E-state index < -0.39 is 0 Å². The highest BCUT2D eigenvalue weighted by molar-refractivity contribution is 5.45. The second-order valence-corrected chi connectivity index (χ2v) is 5.39. The fourth-order valence-electron chi connectivity index (χ4n) is 2.69. The van der Waals surface area contributed by atoms with E-state index in [1.807, 2.05) is 6.07 Å². The number of hydrogen-bond acceptors (Lipinski definition) is 4. The molecule has 0 spiro atoms. The Balaban J connectivity index is 1.86. The van der Waals surface area contributed by atoms with E-state index in [4.69, 9.17) is 14.2 Å². The third-order valence-corrected chi connectivity index (χ3v) is 3.75. The van der Waals surface area contributed by atoms with Crippen molar-refractivity contribution in [3.63, 3.8) is 0 Å². The summed E-state index contributed by atoms with van der Waals surface area (Å²) in [5, 5.41) is 3.57. The van der Waals surface area contributed by atoms with Crippen LogP contribution in [0.4, 0.5) is 0 Å². The summed E-state index contributed by atoms with van der Waals surface area (Å²) in [6.07, 6.45) is 5.48. The molecular weight excluding hydrogens is 266 g/mol. The molecule has 1 atom stereocenters. The van der Waals surface area contributed by atoms with Crippen molar-refractivity contribution in [3.05, 3.63) is 35.6 Å². The van der Waals surface area contributed by atoms with E-state index in [-0.39, 0.29) is 6.04 Å². The first-order chi connectivity index (χ1) is 10.4. The smallest absolute Gasteiger partial charge is 0.161 e. The first-order valence-corrected chi connectivity index (χ1v) is 7.84. The third-order valence-electron chi connectivity index (χ3n) is 3.75. The van der Waals surface area contributed by atoms with Crippen LogP contribution >= 0.6 is 0 Å². The van der Waals surface area contributed by atoms with E-state index in [9.17, 15) is 0 Å². The van der Waals surface area contributed by atoms with E-state index in [0.29, 0.717) is 13.2 Å². The van der Waals surface area contributed by atoms with Crippen LogP contribution in [0.1, 0.15) is 37.8 Å². The molecule has 0 radical (unpaired) electrons. The maximum Gasteiger partial charge on any atom is 0.161 e. The van der Waals surface area contributed by atoms with Gasteiger partial charge in [0.15, 0.2) is 11.5 Å². The van der Waals surface area contributed by atoms with Gasteiger partial charge in [-0.15, -0.1) is 0 Å². The highest BCUT2D eigenvalue weighted by Crippen LogP contribution is 2.35. The van der Waals surface area contributed by atoms with Gasteiger partial charge in [0.1, 0.15) is 19.0 Å². The van der Waals surface area contributed by atoms with Crippen molar-refractivity contribution < 1.29 is 14.2 Å². The Bertz CT molecular complexity index is 513. The average molecular weight is 289 g/mol. The Morgan fingerprint density at radius 3 is 2.71 bits per heavy atom. The van der Waals surface area contributed by atoms with Gasteiger partial charge in [-0.1, -0.05) is 13.0 Å². The lowest BCUT2D eigenvalue weighted by Gasteiger charge is -2.26. The van der Waals surface area contributed by atoms with Gasteiger partial charge in [-0.25, -0.2) is 0 Å². The quantitative estimate of drug-likeness (QED) is 0.903. The monoisotopic (exact) mass is 289 g/mol. The zero-order chi connectivity index (χ0) is 14.5. The van der Waals surface area contributed by atoms with Crippen LogP contribution in [0.15, 0.2) is 30.0 Å². The van der Waals surface area contributed by atoms with E-state index >= 15 is 0 Å². The van der Waals surface area contributed by atoms with Gasteiger partial charge in [-0.05, 0) is 49.6 Å². The topological polar surface area (TPSA) is 39.7 Å². The zero-order valence-electron chi connectivity index (χ0n) is 12.6. The van der Waals surface area contributed by atoms with Gasteiger partial charge >= 0.3 is 0 Å². The van der Waals surface area contributed by atoms with Gasteiger partial charge < -0.3 is 19.5 Å². The minimum atomic E-state index is 0.0982. The van der Waals surface area contributed by atoms with Crippen LogP contribution in [0.25, 0.3) is 0 Å². The van der Waals surface area contributed by atoms with Crippen molar-refractivity contribution in [2.45, 2.75) is 32.2 Å². The van der Waals surface area contributed by atoms with Gasteiger partial charge in [0.2, 0.25) is 0 Å². The summed E-state index contributed by atoms with van der Waals surface area (Å²) in [5.41, 5.74) is 1.17. The molecule has 0 bridgehead atoms. The van der Waals surface area contributed by atoms with Gasteiger partial charge in [-0.2, -0.15) is 0 Å². The normalized spacial score (nSPS) is 18.6. The van der Waals surface area contributed by atoms with Crippen LogP contribution < -0.4 is 14.8 Å². The summed E-state index contributed by atoms with van der Waals surface area (Å²) in [5.74, 6) is 2.70. The number of allylic oxidation sites excluding steroid dienone is 1. The average Bonchev–Trinajstić information content (AvgIpc) is 2.56. The predicted molar refractivity (Wildman–Crippen MR) is 81.7 cm³/mol. The summed E-state index contributed by atoms with van der Waals surface area (Å²) in [4.78, 5) is 0. The highest BCUT2D eigenvalue weighted by Gasteiger charge is 2.22. The van der Waals surface area contributed by atoms with Crippen LogP contribution in [-0.4, -0.2) is 26.4 Å². The standard InChI is InChI=1S/C17H23NO3/c1-2-8-18-17(15-5-3-4-9-19-15)13-6-7-14-16(12-13)21-11-10-20-14/h5-7,12,17-18H,2-4,8-11H2,1H3. The number of nitrogens with one attached hydrogen (secondary N) is 1. The van der Waals surface area contributed by atoms with Crippen molar-refractivity contribution in [1.82, 2.24) is 5.32 Å². The van der Waals surface area contributed by atoms with Crippen LogP contribution in [0.2, 0.25) is 0 Å². The zero-order valence-corrected chi connectivity index (χ0v) is 12.6. The summed E-state index contributed by atoms with van der Waals surface area (Å²) in [6, 6.07) is 6.26. The molecule has 21 heavy (non-hydrogen) atoms. The number of hydrogen-bond donors (Lipinski definition) is 1. The van der Waals surface area contributed by atoms with Crippen LogP contribution in [0, 0.1) is 0 Å². The molecule has 4 nitrogen and oxygen atoms in total. The van der Waals surface area contributed by atoms with E-state index in [1.165, 1.54) is 5.56 Å². The van der Waals surface area contributed by atoms with Crippen molar-refractivity contribution in [3.8, 4) is 11.5 Å². The minimum absolute atomic E-state index is 0.0982. The molecule has 1 unspecified atom stereocenters. The lowest BCUT2D eigenvalue weighted by Crippen LogP contribution is -2.26. The Morgan fingerprint density at radius 2 is 1.95 bits per heavy atom. The molecule has 1 aromatic rings.